The first-order valence-corrected chi connectivity index (χ1v) is 11.2. The number of fused-ring (bicyclic) bond motifs is 1. The van der Waals surface area contributed by atoms with Crippen LogP contribution in [0.25, 0.3) is 10.2 Å². The van der Waals surface area contributed by atoms with Gasteiger partial charge in [0, 0.05) is 28.1 Å². The van der Waals surface area contributed by atoms with E-state index in [9.17, 15) is 4.79 Å². The maximum Gasteiger partial charge on any atom is 0.241 e. The van der Waals surface area contributed by atoms with Crippen molar-refractivity contribution < 1.29 is 9.21 Å². The van der Waals surface area contributed by atoms with Crippen molar-refractivity contribution in [2.24, 2.45) is 5.73 Å². The average molecular weight is 496 g/mol. The summed E-state index contributed by atoms with van der Waals surface area (Å²) in [6.07, 6.45) is 1.87. The highest BCUT2D eigenvalue weighted by molar-refractivity contribution is 7.20. The van der Waals surface area contributed by atoms with Crippen LogP contribution >= 0.6 is 46.1 Å². The summed E-state index contributed by atoms with van der Waals surface area (Å²) in [6.45, 7) is 0.482. The second kappa shape index (κ2) is 9.46. The highest BCUT2D eigenvalue weighted by Crippen LogP contribution is 2.40. The Kier molecular flexibility index (Phi) is 6.69. The standard InChI is InChI=1S/C21H17Cl3N4O2S/c22-11-3-5-12(6-4-11)27-21(29)14(25)8-16-18(24)19-20(31-16)15(9-17(23)28-19)26-10-13-2-1-7-30-13/h1-7,9,14H,8,10,25H2,(H,26,28)(H,27,29)/t14-/m1/s1. The molecule has 0 aliphatic carbocycles. The van der Waals surface area contributed by atoms with E-state index >= 15 is 0 Å². The van der Waals surface area contributed by atoms with Gasteiger partial charge in [-0.05, 0) is 36.4 Å². The molecule has 0 saturated heterocycles. The van der Waals surface area contributed by atoms with E-state index in [0.717, 1.165) is 21.0 Å². The number of carbonyl (C=O) groups is 1. The van der Waals surface area contributed by atoms with Crippen LogP contribution in [0.2, 0.25) is 15.2 Å². The highest BCUT2D eigenvalue weighted by Gasteiger charge is 2.21. The molecule has 0 saturated carbocycles. The number of furan rings is 1. The van der Waals surface area contributed by atoms with Crippen molar-refractivity contribution in [2.45, 2.75) is 19.0 Å². The number of nitrogens with two attached hydrogens (primary N) is 1. The Morgan fingerprint density at radius 1 is 1.19 bits per heavy atom. The smallest absolute Gasteiger partial charge is 0.241 e. The highest BCUT2D eigenvalue weighted by atomic mass is 35.5. The lowest BCUT2D eigenvalue weighted by molar-refractivity contribution is -0.117. The lowest BCUT2D eigenvalue weighted by atomic mass is 10.1. The van der Waals surface area contributed by atoms with Gasteiger partial charge in [-0.15, -0.1) is 11.3 Å². The molecule has 0 fully saturated rings. The number of thiophene rings is 1. The van der Waals surface area contributed by atoms with Gasteiger partial charge in [-0.2, -0.15) is 0 Å². The molecule has 0 radical (unpaired) electrons. The zero-order valence-electron chi connectivity index (χ0n) is 16.0. The SMILES string of the molecule is N[C@H](Cc1sc2c(NCc3ccco3)cc(Cl)nc2c1Cl)C(=O)Nc1ccc(Cl)cc1. The number of pyridine rings is 1. The summed E-state index contributed by atoms with van der Waals surface area (Å²) in [7, 11) is 0. The number of nitrogens with zero attached hydrogens (tertiary/aromatic N) is 1. The van der Waals surface area contributed by atoms with E-state index in [2.05, 4.69) is 15.6 Å². The third kappa shape index (κ3) is 5.14. The number of anilines is 2. The lowest BCUT2D eigenvalue weighted by Gasteiger charge is -2.11. The van der Waals surface area contributed by atoms with Crippen LogP contribution < -0.4 is 16.4 Å². The number of amides is 1. The molecule has 160 valence electrons. The van der Waals surface area contributed by atoms with E-state index in [0.29, 0.717) is 32.9 Å². The van der Waals surface area contributed by atoms with E-state index < -0.39 is 6.04 Å². The minimum absolute atomic E-state index is 0.258. The molecule has 10 heteroatoms. The van der Waals surface area contributed by atoms with Crippen LogP contribution in [0.4, 0.5) is 11.4 Å². The Morgan fingerprint density at radius 3 is 2.68 bits per heavy atom. The molecule has 0 aliphatic heterocycles. The van der Waals surface area contributed by atoms with E-state index in [4.69, 9.17) is 45.0 Å². The van der Waals surface area contributed by atoms with E-state index in [1.165, 1.54) is 11.3 Å². The number of halogens is 3. The van der Waals surface area contributed by atoms with Crippen molar-refractivity contribution in [2.75, 3.05) is 10.6 Å². The van der Waals surface area contributed by atoms with E-state index in [-0.39, 0.29) is 12.3 Å². The van der Waals surface area contributed by atoms with Crippen molar-refractivity contribution in [3.63, 3.8) is 0 Å². The first kappa shape index (κ1) is 21.9. The molecule has 6 nitrogen and oxygen atoms in total. The molecule has 4 rings (SSSR count). The molecular weight excluding hydrogens is 479 g/mol. The summed E-state index contributed by atoms with van der Waals surface area (Å²) < 4.78 is 6.19. The van der Waals surface area contributed by atoms with Crippen LogP contribution in [0.5, 0.6) is 0 Å². The fourth-order valence-electron chi connectivity index (χ4n) is 2.97. The molecule has 0 bridgehead atoms. The summed E-state index contributed by atoms with van der Waals surface area (Å²) in [5, 5.41) is 7.41. The molecule has 3 aromatic heterocycles. The molecule has 1 amide bonds. The zero-order valence-corrected chi connectivity index (χ0v) is 19.1. The van der Waals surface area contributed by atoms with Gasteiger partial charge in [-0.1, -0.05) is 34.8 Å². The minimum Gasteiger partial charge on any atom is -0.467 e. The van der Waals surface area contributed by atoms with Gasteiger partial charge >= 0.3 is 0 Å². The van der Waals surface area contributed by atoms with Crippen LogP contribution in [0.15, 0.2) is 53.1 Å². The molecule has 4 N–H and O–H groups in total. The Hall–Kier alpha value is -2.29. The average Bonchev–Trinajstić information content (AvgIpc) is 3.37. The van der Waals surface area contributed by atoms with Gasteiger partial charge in [0.1, 0.15) is 16.4 Å². The van der Waals surface area contributed by atoms with Crippen molar-refractivity contribution in [1.29, 1.82) is 0 Å². The molecule has 4 aromatic rings. The van der Waals surface area contributed by atoms with Gasteiger partial charge in [0.25, 0.3) is 0 Å². The fourth-order valence-corrected chi connectivity index (χ4v) is 4.86. The number of benzene rings is 1. The zero-order chi connectivity index (χ0) is 22.0. The third-order valence-electron chi connectivity index (χ3n) is 4.51. The van der Waals surface area contributed by atoms with Crippen molar-refractivity contribution in [3.05, 3.63) is 74.6 Å². The number of aromatic nitrogens is 1. The third-order valence-corrected chi connectivity index (χ3v) is 6.71. The normalized spacial score (nSPS) is 12.1. The molecule has 1 aromatic carbocycles. The molecule has 0 spiro atoms. The second-order valence-electron chi connectivity index (χ2n) is 6.75. The molecule has 0 unspecified atom stereocenters. The van der Waals surface area contributed by atoms with Crippen molar-refractivity contribution >= 4 is 73.6 Å². The monoisotopic (exact) mass is 494 g/mol. The van der Waals surface area contributed by atoms with E-state index in [1.807, 2.05) is 12.1 Å². The number of nitrogens with one attached hydrogen (secondary N) is 2. The number of rotatable bonds is 7. The molecule has 31 heavy (non-hydrogen) atoms. The van der Waals surface area contributed by atoms with Crippen LogP contribution in [0.1, 0.15) is 10.6 Å². The van der Waals surface area contributed by atoms with Gasteiger partial charge in [0.2, 0.25) is 5.91 Å². The maximum absolute atomic E-state index is 12.5. The van der Waals surface area contributed by atoms with Crippen molar-refractivity contribution in [1.82, 2.24) is 4.98 Å². The quantitative estimate of drug-likeness (QED) is 0.275. The largest absolute Gasteiger partial charge is 0.467 e. The first-order valence-electron chi connectivity index (χ1n) is 9.26. The van der Waals surface area contributed by atoms with Gasteiger partial charge in [0.05, 0.1) is 34.3 Å². The van der Waals surface area contributed by atoms with Crippen LogP contribution in [0, 0.1) is 0 Å². The fraction of sp³-hybridized carbons (Fsp3) is 0.143. The molecule has 1 atom stereocenters. The summed E-state index contributed by atoms with van der Waals surface area (Å²) in [5.74, 6) is 0.461. The van der Waals surface area contributed by atoms with Crippen LogP contribution in [-0.4, -0.2) is 16.9 Å². The maximum atomic E-state index is 12.5. The molecular formula is C21H17Cl3N4O2S. The van der Waals surface area contributed by atoms with Gasteiger partial charge in [-0.25, -0.2) is 4.98 Å². The number of hydrogen-bond acceptors (Lipinski definition) is 6. The first-order chi connectivity index (χ1) is 14.9. The molecule has 0 aliphatic rings. The van der Waals surface area contributed by atoms with Gasteiger partial charge in [-0.3, -0.25) is 4.79 Å². The Morgan fingerprint density at radius 2 is 1.97 bits per heavy atom. The Bertz CT molecular complexity index is 1210. The van der Waals surface area contributed by atoms with Crippen LogP contribution in [-0.2, 0) is 17.8 Å². The minimum atomic E-state index is -0.795. The Labute approximate surface area is 197 Å². The Balaban J connectivity index is 1.53. The summed E-state index contributed by atoms with van der Waals surface area (Å²) >= 11 is 20.1. The van der Waals surface area contributed by atoms with Gasteiger partial charge in [0.15, 0.2) is 0 Å². The predicted octanol–water partition coefficient (Wildman–Crippen LogP) is 5.97. The van der Waals surface area contributed by atoms with Gasteiger partial charge < -0.3 is 20.8 Å². The van der Waals surface area contributed by atoms with E-state index in [1.54, 1.807) is 36.6 Å². The lowest BCUT2D eigenvalue weighted by Crippen LogP contribution is -2.37. The molecule has 3 heterocycles. The number of hydrogen-bond donors (Lipinski definition) is 3. The predicted molar refractivity (Wildman–Crippen MR) is 127 cm³/mol. The summed E-state index contributed by atoms with van der Waals surface area (Å²) in [5.41, 5.74) is 8.11. The topological polar surface area (TPSA) is 93.2 Å². The summed E-state index contributed by atoms with van der Waals surface area (Å²) in [6, 6.07) is 11.4. The summed E-state index contributed by atoms with van der Waals surface area (Å²) in [4.78, 5) is 17.6. The van der Waals surface area contributed by atoms with Crippen LogP contribution in [0.3, 0.4) is 0 Å². The number of carbonyl (C=O) groups excluding carboxylic acids is 1. The van der Waals surface area contributed by atoms with Crippen molar-refractivity contribution in [3.8, 4) is 0 Å². The second-order valence-corrected chi connectivity index (χ2v) is 9.06.